The van der Waals surface area contributed by atoms with Gasteiger partial charge in [0.15, 0.2) is 5.78 Å². The van der Waals surface area contributed by atoms with Crippen molar-refractivity contribution in [2.24, 2.45) is 5.92 Å². The molecule has 3 rings (SSSR count). The molecule has 0 bridgehead atoms. The maximum Gasteiger partial charge on any atom is 0.223 e. The van der Waals surface area contributed by atoms with E-state index < -0.39 is 0 Å². The molecular weight excluding hydrogens is 368 g/mol. The molecule has 6 heteroatoms. The monoisotopic (exact) mass is 396 g/mol. The second-order valence-electron chi connectivity index (χ2n) is 7.69. The lowest BCUT2D eigenvalue weighted by Gasteiger charge is -2.31. The number of amides is 2. The third-order valence-electron chi connectivity index (χ3n) is 5.49. The van der Waals surface area contributed by atoms with Gasteiger partial charge in [0.2, 0.25) is 11.8 Å². The number of furan rings is 1. The van der Waals surface area contributed by atoms with Crippen molar-refractivity contribution >= 4 is 17.6 Å². The second kappa shape index (κ2) is 9.54. The number of carbonyl (C=O) groups excluding carboxylic acids is 3. The van der Waals surface area contributed by atoms with E-state index in [1.54, 1.807) is 17.2 Å². The molecule has 2 amide bonds. The first-order chi connectivity index (χ1) is 13.9. The first-order valence-electron chi connectivity index (χ1n) is 10.1. The van der Waals surface area contributed by atoms with Crippen molar-refractivity contribution in [1.29, 1.82) is 0 Å². The fraction of sp³-hybridized carbons (Fsp3) is 0.435. The molecule has 29 heavy (non-hydrogen) atoms. The standard InChI is InChI=1S/C23H28N2O4/c1-16-5-6-17(2)20(14-16)21(26)7-8-22(27)25-11-9-18(10-12-25)23(28)24-15-19-4-3-13-29-19/h3-6,13-14,18H,7-12,15H2,1-2H3,(H,24,28). The molecule has 1 saturated heterocycles. The van der Waals surface area contributed by atoms with Gasteiger partial charge < -0.3 is 14.6 Å². The van der Waals surface area contributed by atoms with Crippen molar-refractivity contribution in [2.45, 2.75) is 46.1 Å². The minimum absolute atomic E-state index is 0.00130. The van der Waals surface area contributed by atoms with Gasteiger partial charge in [0.05, 0.1) is 12.8 Å². The molecular formula is C23H28N2O4. The lowest BCUT2D eigenvalue weighted by molar-refractivity contribution is -0.135. The predicted octanol–water partition coefficient (Wildman–Crippen LogP) is 3.41. The quantitative estimate of drug-likeness (QED) is 0.728. The Morgan fingerprint density at radius 3 is 2.55 bits per heavy atom. The number of Topliss-reactive ketones (excluding diaryl/α,β-unsaturated/α-hetero) is 1. The summed E-state index contributed by atoms with van der Waals surface area (Å²) < 4.78 is 5.22. The zero-order chi connectivity index (χ0) is 20.8. The smallest absolute Gasteiger partial charge is 0.223 e. The summed E-state index contributed by atoms with van der Waals surface area (Å²) in [6.07, 6.45) is 3.28. The van der Waals surface area contributed by atoms with Gasteiger partial charge in [0.1, 0.15) is 5.76 Å². The van der Waals surface area contributed by atoms with Crippen LogP contribution in [0.5, 0.6) is 0 Å². The summed E-state index contributed by atoms with van der Waals surface area (Å²) in [7, 11) is 0. The number of piperidine rings is 1. The molecule has 1 fully saturated rings. The Morgan fingerprint density at radius 1 is 1.10 bits per heavy atom. The van der Waals surface area contributed by atoms with Gasteiger partial charge in [-0.1, -0.05) is 17.7 Å². The molecule has 1 N–H and O–H groups in total. The van der Waals surface area contributed by atoms with Gasteiger partial charge in [-0.25, -0.2) is 0 Å². The van der Waals surface area contributed by atoms with Crippen LogP contribution in [0.4, 0.5) is 0 Å². The largest absolute Gasteiger partial charge is 0.467 e. The number of hydrogen-bond acceptors (Lipinski definition) is 4. The molecule has 0 unspecified atom stereocenters. The van der Waals surface area contributed by atoms with Crippen molar-refractivity contribution in [3.63, 3.8) is 0 Å². The van der Waals surface area contributed by atoms with Crippen LogP contribution in [0.2, 0.25) is 0 Å². The number of aryl methyl sites for hydroxylation is 2. The topological polar surface area (TPSA) is 79.6 Å². The molecule has 0 spiro atoms. The number of rotatable bonds is 7. The van der Waals surface area contributed by atoms with Crippen LogP contribution < -0.4 is 5.32 Å². The fourth-order valence-corrected chi connectivity index (χ4v) is 3.67. The third-order valence-corrected chi connectivity index (χ3v) is 5.49. The summed E-state index contributed by atoms with van der Waals surface area (Å²) in [4.78, 5) is 39.1. The van der Waals surface area contributed by atoms with E-state index in [9.17, 15) is 14.4 Å². The summed E-state index contributed by atoms with van der Waals surface area (Å²) in [5.41, 5.74) is 2.68. The molecule has 0 atom stereocenters. The number of benzene rings is 1. The Kier molecular flexibility index (Phi) is 6.86. The van der Waals surface area contributed by atoms with E-state index >= 15 is 0 Å². The van der Waals surface area contributed by atoms with Crippen molar-refractivity contribution in [3.8, 4) is 0 Å². The first kappa shape index (κ1) is 20.8. The number of likely N-dealkylation sites (tertiary alicyclic amines) is 1. The second-order valence-corrected chi connectivity index (χ2v) is 7.69. The minimum atomic E-state index is -0.0920. The van der Waals surface area contributed by atoms with Gasteiger partial charge >= 0.3 is 0 Å². The average Bonchev–Trinajstić information content (AvgIpc) is 3.25. The Labute approximate surface area is 171 Å². The van der Waals surface area contributed by atoms with Crippen LogP contribution in [0.1, 0.15) is 52.9 Å². The van der Waals surface area contributed by atoms with Crippen molar-refractivity contribution in [2.75, 3.05) is 13.1 Å². The van der Waals surface area contributed by atoms with Crippen molar-refractivity contribution < 1.29 is 18.8 Å². The highest BCUT2D eigenvalue weighted by Gasteiger charge is 2.27. The molecule has 154 valence electrons. The molecule has 0 saturated carbocycles. The van der Waals surface area contributed by atoms with Gasteiger partial charge in [-0.15, -0.1) is 0 Å². The van der Waals surface area contributed by atoms with Crippen LogP contribution in [-0.4, -0.2) is 35.6 Å². The molecule has 2 aromatic rings. The lowest BCUT2D eigenvalue weighted by Crippen LogP contribution is -2.43. The van der Waals surface area contributed by atoms with Crippen molar-refractivity contribution in [1.82, 2.24) is 10.2 Å². The highest BCUT2D eigenvalue weighted by molar-refractivity contribution is 5.99. The molecule has 6 nitrogen and oxygen atoms in total. The average molecular weight is 396 g/mol. The zero-order valence-corrected chi connectivity index (χ0v) is 17.1. The van der Waals surface area contributed by atoms with Gasteiger partial charge in [-0.3, -0.25) is 14.4 Å². The Bertz CT molecular complexity index is 865. The lowest BCUT2D eigenvalue weighted by atomic mass is 9.95. The maximum atomic E-state index is 12.5. The Morgan fingerprint density at radius 2 is 1.86 bits per heavy atom. The van der Waals surface area contributed by atoms with Crippen LogP contribution >= 0.6 is 0 Å². The molecule has 2 heterocycles. The van der Waals surface area contributed by atoms with E-state index in [0.717, 1.165) is 16.9 Å². The summed E-state index contributed by atoms with van der Waals surface area (Å²) in [6.45, 7) is 5.35. The first-order valence-corrected chi connectivity index (χ1v) is 10.1. The summed E-state index contributed by atoms with van der Waals surface area (Å²) >= 11 is 0. The van der Waals surface area contributed by atoms with E-state index in [1.165, 1.54) is 0 Å². The van der Waals surface area contributed by atoms with Gasteiger partial charge in [-0.05, 0) is 50.5 Å². The van der Waals surface area contributed by atoms with Crippen LogP contribution in [-0.2, 0) is 16.1 Å². The Balaban J connectivity index is 1.42. The number of nitrogens with zero attached hydrogens (tertiary/aromatic N) is 1. The molecule has 1 aromatic heterocycles. The number of carbonyl (C=O) groups is 3. The highest BCUT2D eigenvalue weighted by Crippen LogP contribution is 2.20. The fourth-order valence-electron chi connectivity index (χ4n) is 3.67. The van der Waals surface area contributed by atoms with E-state index in [-0.39, 0.29) is 36.4 Å². The van der Waals surface area contributed by atoms with Gasteiger partial charge in [0.25, 0.3) is 0 Å². The normalized spacial score (nSPS) is 14.6. The van der Waals surface area contributed by atoms with Crippen LogP contribution in [0.3, 0.4) is 0 Å². The highest BCUT2D eigenvalue weighted by atomic mass is 16.3. The van der Waals surface area contributed by atoms with E-state index in [0.29, 0.717) is 38.0 Å². The molecule has 1 aromatic carbocycles. The summed E-state index contributed by atoms with van der Waals surface area (Å²) in [5, 5.41) is 2.89. The van der Waals surface area contributed by atoms with Crippen LogP contribution in [0.25, 0.3) is 0 Å². The predicted molar refractivity (Wildman–Crippen MR) is 109 cm³/mol. The van der Waals surface area contributed by atoms with Gasteiger partial charge in [-0.2, -0.15) is 0 Å². The van der Waals surface area contributed by atoms with Gasteiger partial charge in [0, 0.05) is 37.4 Å². The number of nitrogens with one attached hydrogen (secondary N) is 1. The van der Waals surface area contributed by atoms with Crippen molar-refractivity contribution in [3.05, 3.63) is 59.0 Å². The summed E-state index contributed by atoms with van der Waals surface area (Å²) in [5.74, 6) is 0.619. The van der Waals surface area contributed by atoms with E-state index in [4.69, 9.17) is 4.42 Å². The minimum Gasteiger partial charge on any atom is -0.467 e. The number of hydrogen-bond donors (Lipinski definition) is 1. The molecule has 1 aliphatic rings. The Hall–Kier alpha value is -2.89. The SMILES string of the molecule is Cc1ccc(C)c(C(=O)CCC(=O)N2CCC(C(=O)NCc3ccco3)CC2)c1. The van der Waals surface area contributed by atoms with Crippen LogP contribution in [0, 0.1) is 19.8 Å². The molecule has 1 aliphatic heterocycles. The zero-order valence-electron chi connectivity index (χ0n) is 17.1. The van der Waals surface area contributed by atoms with E-state index in [2.05, 4.69) is 5.32 Å². The molecule has 0 aliphatic carbocycles. The summed E-state index contributed by atoms with van der Waals surface area (Å²) in [6, 6.07) is 9.41. The van der Waals surface area contributed by atoms with Crippen LogP contribution in [0.15, 0.2) is 41.0 Å². The maximum absolute atomic E-state index is 12.5. The third kappa shape index (κ3) is 5.56. The molecule has 0 radical (unpaired) electrons. The van der Waals surface area contributed by atoms with E-state index in [1.807, 2.05) is 38.1 Å². The number of ketones is 1.